The van der Waals surface area contributed by atoms with Gasteiger partial charge in [0.15, 0.2) is 0 Å². The van der Waals surface area contributed by atoms with E-state index in [0.29, 0.717) is 22.4 Å². The van der Waals surface area contributed by atoms with Crippen molar-refractivity contribution in [3.8, 4) is 11.8 Å². The number of hydrogen-bond donors (Lipinski definition) is 1. The fraction of sp³-hybridized carbons (Fsp3) is 0.261. The summed E-state index contributed by atoms with van der Waals surface area (Å²) in [6, 6.07) is 13.6. The zero-order chi connectivity index (χ0) is 21.7. The van der Waals surface area contributed by atoms with Crippen molar-refractivity contribution in [1.82, 2.24) is 9.72 Å². The second kappa shape index (κ2) is 9.14. The number of nitrogens with zero attached hydrogens (tertiary/aromatic N) is 2. The number of aromatic nitrogens is 1. The van der Waals surface area contributed by atoms with Gasteiger partial charge in [-0.15, -0.1) is 0 Å². The number of benzene rings is 1. The average Bonchev–Trinajstić information content (AvgIpc) is 3.12. The van der Waals surface area contributed by atoms with Crippen molar-refractivity contribution in [3.63, 3.8) is 0 Å². The molecule has 0 spiro atoms. The van der Waals surface area contributed by atoms with Crippen molar-refractivity contribution < 1.29 is 19.1 Å². The summed E-state index contributed by atoms with van der Waals surface area (Å²) < 4.78 is 12.5. The van der Waals surface area contributed by atoms with Crippen molar-refractivity contribution in [1.29, 1.82) is 5.26 Å². The predicted octanol–water partition coefficient (Wildman–Crippen LogP) is 3.32. The summed E-state index contributed by atoms with van der Waals surface area (Å²) in [4.78, 5) is 25.4. The first kappa shape index (κ1) is 20.9. The van der Waals surface area contributed by atoms with Gasteiger partial charge < -0.3 is 19.2 Å². The Morgan fingerprint density at radius 3 is 2.60 bits per heavy atom. The maximum atomic E-state index is 12.7. The van der Waals surface area contributed by atoms with Crippen molar-refractivity contribution in [2.45, 2.75) is 26.5 Å². The van der Waals surface area contributed by atoms with Crippen molar-refractivity contribution in [2.24, 2.45) is 5.92 Å². The van der Waals surface area contributed by atoms with Crippen LogP contribution in [-0.4, -0.2) is 29.4 Å². The third-order valence-corrected chi connectivity index (χ3v) is 4.80. The molecule has 1 aromatic carbocycles. The van der Waals surface area contributed by atoms with Gasteiger partial charge in [0.05, 0.1) is 23.8 Å². The highest BCUT2D eigenvalue weighted by Gasteiger charge is 2.27. The Labute approximate surface area is 174 Å². The van der Waals surface area contributed by atoms with Crippen LogP contribution in [0.15, 0.2) is 54.9 Å². The third-order valence-electron chi connectivity index (χ3n) is 4.80. The molecule has 0 radical (unpaired) electrons. The highest BCUT2D eigenvalue weighted by molar-refractivity contribution is 5.99. The van der Waals surface area contributed by atoms with E-state index in [-0.39, 0.29) is 12.5 Å². The molecule has 7 heteroatoms. The van der Waals surface area contributed by atoms with E-state index in [2.05, 4.69) is 11.4 Å². The van der Waals surface area contributed by atoms with Crippen molar-refractivity contribution >= 4 is 17.4 Å². The number of methoxy groups -OCH3 is 1. The monoisotopic (exact) mass is 405 g/mol. The summed E-state index contributed by atoms with van der Waals surface area (Å²) in [5.41, 5.74) is 2.15. The summed E-state index contributed by atoms with van der Waals surface area (Å²) in [5, 5.41) is 12.2. The van der Waals surface area contributed by atoms with E-state index < -0.39 is 17.9 Å². The zero-order valence-electron chi connectivity index (χ0n) is 17.1. The summed E-state index contributed by atoms with van der Waals surface area (Å²) >= 11 is 0. The molecule has 1 N–H and O–H groups in total. The van der Waals surface area contributed by atoms with Gasteiger partial charge in [-0.2, -0.15) is 5.26 Å². The van der Waals surface area contributed by atoms with E-state index in [4.69, 9.17) is 9.47 Å². The topological polar surface area (TPSA) is 92.8 Å². The SMILES string of the molecule is COc1ccccc1C(=O)NC(C(=O)OCc1cn2ccccc2c1C#N)C(C)C. The Bertz CT molecular complexity index is 1110. The molecule has 30 heavy (non-hydrogen) atoms. The average molecular weight is 405 g/mol. The molecule has 0 bridgehead atoms. The second-order valence-electron chi connectivity index (χ2n) is 7.14. The van der Waals surface area contributed by atoms with E-state index in [1.54, 1.807) is 30.5 Å². The Balaban J connectivity index is 1.74. The lowest BCUT2D eigenvalue weighted by Crippen LogP contribution is -2.45. The summed E-state index contributed by atoms with van der Waals surface area (Å²) in [5.74, 6) is -0.757. The van der Waals surface area contributed by atoms with Gasteiger partial charge in [-0.1, -0.05) is 32.0 Å². The minimum Gasteiger partial charge on any atom is -0.496 e. The van der Waals surface area contributed by atoms with Crippen LogP contribution in [0.2, 0.25) is 0 Å². The number of ether oxygens (including phenoxy) is 2. The molecule has 154 valence electrons. The van der Waals surface area contributed by atoms with Gasteiger partial charge in [0.2, 0.25) is 0 Å². The van der Waals surface area contributed by atoms with Gasteiger partial charge in [0.25, 0.3) is 5.91 Å². The molecule has 0 saturated heterocycles. The van der Waals surface area contributed by atoms with Crippen LogP contribution in [0.3, 0.4) is 0 Å². The first-order chi connectivity index (χ1) is 14.5. The molecule has 1 atom stereocenters. The molecular weight excluding hydrogens is 382 g/mol. The number of esters is 1. The Morgan fingerprint density at radius 2 is 1.90 bits per heavy atom. The maximum absolute atomic E-state index is 12.7. The standard InChI is InChI=1S/C23H23N3O4/c1-15(2)21(25-22(27)17-8-4-5-10-20(17)29-3)23(28)30-14-16-13-26-11-7-6-9-19(26)18(16)12-24/h4-11,13,15,21H,14H2,1-3H3,(H,25,27). The Hall–Kier alpha value is -3.79. The molecule has 3 aromatic rings. The molecule has 3 rings (SSSR count). The fourth-order valence-electron chi connectivity index (χ4n) is 3.20. The lowest BCUT2D eigenvalue weighted by molar-refractivity contribution is -0.148. The van der Waals surface area contributed by atoms with Gasteiger partial charge in [0, 0.05) is 18.0 Å². The first-order valence-corrected chi connectivity index (χ1v) is 9.55. The van der Waals surface area contributed by atoms with Gasteiger partial charge >= 0.3 is 5.97 Å². The molecule has 0 saturated carbocycles. The van der Waals surface area contributed by atoms with Crippen LogP contribution in [-0.2, 0) is 16.1 Å². The molecule has 0 fully saturated rings. The zero-order valence-corrected chi connectivity index (χ0v) is 17.1. The van der Waals surface area contributed by atoms with Crippen LogP contribution >= 0.6 is 0 Å². The lowest BCUT2D eigenvalue weighted by Gasteiger charge is -2.21. The van der Waals surface area contributed by atoms with Crippen LogP contribution < -0.4 is 10.1 Å². The smallest absolute Gasteiger partial charge is 0.329 e. The van der Waals surface area contributed by atoms with E-state index in [9.17, 15) is 14.9 Å². The second-order valence-corrected chi connectivity index (χ2v) is 7.14. The number of nitriles is 1. The molecule has 1 amide bonds. The number of carbonyl (C=O) groups excluding carboxylic acids is 2. The molecule has 2 aromatic heterocycles. The summed E-state index contributed by atoms with van der Waals surface area (Å²) in [6.07, 6.45) is 3.59. The fourth-order valence-corrected chi connectivity index (χ4v) is 3.20. The van der Waals surface area contributed by atoms with Crippen LogP contribution in [0.1, 0.15) is 35.3 Å². The number of carbonyl (C=O) groups is 2. The highest BCUT2D eigenvalue weighted by Crippen LogP contribution is 2.20. The molecule has 7 nitrogen and oxygen atoms in total. The van der Waals surface area contributed by atoms with Crippen LogP contribution in [0.4, 0.5) is 0 Å². The van der Waals surface area contributed by atoms with E-state index in [1.807, 2.05) is 42.6 Å². The predicted molar refractivity (Wildman–Crippen MR) is 111 cm³/mol. The largest absolute Gasteiger partial charge is 0.496 e. The van der Waals surface area contributed by atoms with Gasteiger partial charge in [-0.3, -0.25) is 4.79 Å². The lowest BCUT2D eigenvalue weighted by atomic mass is 10.0. The van der Waals surface area contributed by atoms with E-state index in [1.165, 1.54) is 7.11 Å². The quantitative estimate of drug-likeness (QED) is 0.609. The van der Waals surface area contributed by atoms with E-state index in [0.717, 1.165) is 5.52 Å². The van der Waals surface area contributed by atoms with Gasteiger partial charge in [-0.05, 0) is 30.2 Å². The first-order valence-electron chi connectivity index (χ1n) is 9.55. The number of nitrogens with one attached hydrogen (secondary N) is 1. The molecule has 0 aliphatic rings. The number of pyridine rings is 1. The van der Waals surface area contributed by atoms with Crippen LogP contribution in [0, 0.1) is 17.2 Å². The summed E-state index contributed by atoms with van der Waals surface area (Å²) in [7, 11) is 1.48. The van der Waals surface area contributed by atoms with E-state index >= 15 is 0 Å². The molecular formula is C23H23N3O4. The van der Waals surface area contributed by atoms with Gasteiger partial charge in [0.1, 0.15) is 24.5 Å². The third kappa shape index (κ3) is 4.28. The van der Waals surface area contributed by atoms with Crippen LogP contribution in [0.5, 0.6) is 5.75 Å². The van der Waals surface area contributed by atoms with Crippen molar-refractivity contribution in [3.05, 3.63) is 71.5 Å². The molecule has 1 unspecified atom stereocenters. The summed E-state index contributed by atoms with van der Waals surface area (Å²) in [6.45, 7) is 3.58. The normalized spacial score (nSPS) is 11.7. The number of para-hydroxylation sites is 1. The Kier molecular flexibility index (Phi) is 6.38. The highest BCUT2D eigenvalue weighted by atomic mass is 16.5. The molecule has 0 aliphatic carbocycles. The number of hydrogen-bond acceptors (Lipinski definition) is 5. The molecule has 2 heterocycles. The number of amides is 1. The number of fused-ring (bicyclic) bond motifs is 1. The minimum absolute atomic E-state index is 0.0584. The van der Waals surface area contributed by atoms with Crippen molar-refractivity contribution in [2.75, 3.05) is 7.11 Å². The molecule has 0 aliphatic heterocycles. The van der Waals surface area contributed by atoms with Gasteiger partial charge in [-0.25, -0.2) is 4.79 Å². The Morgan fingerprint density at radius 1 is 1.17 bits per heavy atom. The minimum atomic E-state index is -0.843. The number of rotatable bonds is 7. The van der Waals surface area contributed by atoms with Crippen LogP contribution in [0.25, 0.3) is 5.52 Å². The maximum Gasteiger partial charge on any atom is 0.329 e.